The molecule has 0 heterocycles. The van der Waals surface area contributed by atoms with Crippen molar-refractivity contribution in [3.8, 4) is 5.75 Å². The summed E-state index contributed by atoms with van der Waals surface area (Å²) in [6.07, 6.45) is 0.627. The van der Waals surface area contributed by atoms with E-state index < -0.39 is 38.3 Å². The number of amides is 5. The summed E-state index contributed by atoms with van der Waals surface area (Å²) in [6.45, 7) is 6.59. The molecule has 0 fully saturated rings. The minimum atomic E-state index is -4.20. The van der Waals surface area contributed by atoms with Crippen molar-refractivity contribution in [2.45, 2.75) is 57.5 Å². The highest BCUT2D eigenvalue weighted by Gasteiger charge is 2.50. The van der Waals surface area contributed by atoms with E-state index in [1.165, 1.54) is 21.1 Å². The molecule has 0 saturated carbocycles. The van der Waals surface area contributed by atoms with E-state index in [-0.39, 0.29) is 23.9 Å². The van der Waals surface area contributed by atoms with Crippen molar-refractivity contribution in [2.75, 3.05) is 20.7 Å². The lowest BCUT2D eigenvalue weighted by Crippen LogP contribution is -2.57. The van der Waals surface area contributed by atoms with E-state index in [1.807, 2.05) is 13.8 Å². The first-order valence-corrected chi connectivity index (χ1v) is 12.4. The number of hydroxylamine groups is 2. The van der Waals surface area contributed by atoms with Crippen molar-refractivity contribution in [3.05, 3.63) is 29.8 Å². The Morgan fingerprint density at radius 3 is 2.21 bits per heavy atom. The minimum Gasteiger partial charge on any atom is -0.497 e. The molecule has 1 atom stereocenters. The Labute approximate surface area is 195 Å². The average molecular weight is 486 g/mol. The van der Waals surface area contributed by atoms with Crippen molar-refractivity contribution >= 4 is 27.8 Å². The molecule has 0 bridgehead atoms. The fourth-order valence-corrected chi connectivity index (χ4v) is 4.86. The number of ether oxygens (including phenoxy) is 1. The first-order chi connectivity index (χ1) is 15.3. The molecule has 33 heavy (non-hydrogen) atoms. The normalized spacial score (nSPS) is 13.2. The van der Waals surface area contributed by atoms with Crippen LogP contribution < -0.4 is 10.1 Å². The van der Waals surface area contributed by atoms with E-state index in [4.69, 9.17) is 4.74 Å². The van der Waals surface area contributed by atoms with Gasteiger partial charge >= 0.3 is 12.1 Å². The van der Waals surface area contributed by atoms with Crippen LogP contribution in [0.1, 0.15) is 52.5 Å². The fraction of sp³-hybridized carbons (Fsp3) is 0.591. The highest BCUT2D eigenvalue weighted by Crippen LogP contribution is 2.31. The molecule has 1 unspecified atom stereocenters. The van der Waals surface area contributed by atoms with Crippen LogP contribution in [0.25, 0.3) is 0 Å². The van der Waals surface area contributed by atoms with Gasteiger partial charge in [-0.3, -0.25) is 10.0 Å². The summed E-state index contributed by atoms with van der Waals surface area (Å²) < 4.78 is 29.9. The molecular formula is C22H35N3O7S. The van der Waals surface area contributed by atoms with Gasteiger partial charge < -0.3 is 10.1 Å². The van der Waals surface area contributed by atoms with E-state index in [1.54, 1.807) is 31.2 Å². The number of carbonyl (C=O) groups is 3. The summed E-state index contributed by atoms with van der Waals surface area (Å²) in [5.41, 5.74) is 0.424. The van der Waals surface area contributed by atoms with Gasteiger partial charge in [-0.05, 0) is 49.8 Å². The van der Waals surface area contributed by atoms with Gasteiger partial charge in [-0.15, -0.1) is 5.06 Å². The van der Waals surface area contributed by atoms with E-state index in [0.29, 0.717) is 29.1 Å². The van der Waals surface area contributed by atoms with E-state index >= 15 is 0 Å². The van der Waals surface area contributed by atoms with Crippen LogP contribution in [0.2, 0.25) is 0 Å². The molecule has 1 aromatic carbocycles. The number of nitrogens with one attached hydrogen (secondary N) is 1. The number of benzene rings is 1. The van der Waals surface area contributed by atoms with Crippen molar-refractivity contribution in [1.29, 1.82) is 0 Å². The average Bonchev–Trinajstić information content (AvgIpc) is 2.79. The van der Waals surface area contributed by atoms with Gasteiger partial charge in [-0.25, -0.2) is 22.9 Å². The first kappa shape index (κ1) is 28.4. The first-order valence-electron chi connectivity index (χ1n) is 10.8. The molecule has 0 aromatic heterocycles. The number of rotatable bonds is 10. The number of hydrogen-bond acceptors (Lipinski definition) is 7. The number of sulfone groups is 1. The summed E-state index contributed by atoms with van der Waals surface area (Å²) in [4.78, 5) is 38.7. The monoisotopic (exact) mass is 485 g/mol. The van der Waals surface area contributed by atoms with Crippen LogP contribution in [-0.4, -0.2) is 67.0 Å². The van der Waals surface area contributed by atoms with Crippen molar-refractivity contribution < 1.29 is 32.7 Å². The summed E-state index contributed by atoms with van der Waals surface area (Å²) in [7, 11) is -1.41. The molecule has 0 saturated heterocycles. The highest BCUT2D eigenvalue weighted by atomic mass is 32.2. The molecule has 186 valence electrons. The maximum atomic E-state index is 13.4. The van der Waals surface area contributed by atoms with Crippen LogP contribution >= 0.6 is 0 Å². The number of nitrogens with zero attached hydrogens (tertiary/aromatic N) is 2. The zero-order valence-corrected chi connectivity index (χ0v) is 20.9. The zero-order chi connectivity index (χ0) is 25.4. The van der Waals surface area contributed by atoms with Crippen LogP contribution in [0, 0.1) is 5.92 Å². The van der Waals surface area contributed by atoms with Gasteiger partial charge in [0.2, 0.25) is 0 Å². The van der Waals surface area contributed by atoms with E-state index in [9.17, 15) is 28.0 Å². The molecule has 0 radical (unpaired) electrons. The summed E-state index contributed by atoms with van der Waals surface area (Å²) in [5, 5.41) is 12.5. The molecular weight excluding hydrogens is 450 g/mol. The Morgan fingerprint density at radius 2 is 1.76 bits per heavy atom. The van der Waals surface area contributed by atoms with Crippen LogP contribution in [0.15, 0.2) is 24.3 Å². The molecule has 0 aliphatic carbocycles. The van der Waals surface area contributed by atoms with Crippen LogP contribution in [0.3, 0.4) is 0 Å². The van der Waals surface area contributed by atoms with Gasteiger partial charge in [-0.2, -0.15) is 0 Å². The lowest BCUT2D eigenvalue weighted by Gasteiger charge is -2.32. The second-order valence-corrected chi connectivity index (χ2v) is 10.8. The lowest BCUT2D eigenvalue weighted by molar-refractivity contribution is -0.157. The smallest absolute Gasteiger partial charge is 0.359 e. The van der Waals surface area contributed by atoms with Crippen LogP contribution in [0.5, 0.6) is 5.75 Å². The van der Waals surface area contributed by atoms with Gasteiger partial charge in [0.25, 0.3) is 5.91 Å². The highest BCUT2D eigenvalue weighted by molar-refractivity contribution is 7.92. The maximum absolute atomic E-state index is 13.4. The predicted octanol–water partition coefficient (Wildman–Crippen LogP) is 3.19. The third-order valence-corrected chi connectivity index (χ3v) is 7.83. The largest absolute Gasteiger partial charge is 0.497 e. The topological polar surface area (TPSA) is 133 Å². The van der Waals surface area contributed by atoms with E-state index in [2.05, 4.69) is 5.32 Å². The molecule has 10 nitrogen and oxygen atoms in total. The number of carbonyl (C=O) groups excluding carboxylic acids is 3. The van der Waals surface area contributed by atoms with E-state index in [0.717, 1.165) is 0 Å². The van der Waals surface area contributed by atoms with Crippen LogP contribution in [0.4, 0.5) is 9.59 Å². The van der Waals surface area contributed by atoms with Gasteiger partial charge in [0.1, 0.15) is 5.75 Å². The van der Waals surface area contributed by atoms with Gasteiger partial charge in [-0.1, -0.05) is 32.9 Å². The van der Waals surface area contributed by atoms with Gasteiger partial charge in [0.15, 0.2) is 14.6 Å². The molecule has 1 rings (SSSR count). The summed E-state index contributed by atoms with van der Waals surface area (Å²) >= 11 is 0. The molecule has 5 amide bonds. The predicted molar refractivity (Wildman–Crippen MR) is 124 cm³/mol. The second-order valence-electron chi connectivity index (χ2n) is 8.38. The maximum Gasteiger partial charge on any atom is 0.359 e. The van der Waals surface area contributed by atoms with Gasteiger partial charge in [0.05, 0.1) is 12.9 Å². The molecule has 11 heteroatoms. The Morgan fingerprint density at radius 1 is 1.18 bits per heavy atom. The van der Waals surface area contributed by atoms with Gasteiger partial charge in [0, 0.05) is 13.6 Å². The third-order valence-electron chi connectivity index (χ3n) is 5.36. The number of urea groups is 2. The standard InChI is InChI=1S/C22H35N3O7S/c1-7-14-24(20(27)23-5)21(28)25(29)19(26)22(4,13-12-16(2)3)33(30,31)15-17-8-10-18(32-6)11-9-17/h8-11,16,29H,7,12-15H2,1-6H3,(H,23,27). The van der Waals surface area contributed by atoms with Crippen molar-refractivity contribution in [3.63, 3.8) is 0 Å². The number of methoxy groups -OCH3 is 1. The summed E-state index contributed by atoms with van der Waals surface area (Å²) in [5.74, 6) is -1.16. The Balaban J connectivity index is 3.34. The summed E-state index contributed by atoms with van der Waals surface area (Å²) in [6, 6.07) is 4.22. The third kappa shape index (κ3) is 6.91. The van der Waals surface area contributed by atoms with Crippen molar-refractivity contribution in [1.82, 2.24) is 15.3 Å². The molecule has 0 spiro atoms. The Kier molecular flexibility index (Phi) is 10.3. The molecule has 0 aliphatic heterocycles. The zero-order valence-electron chi connectivity index (χ0n) is 20.1. The van der Waals surface area contributed by atoms with Crippen LogP contribution in [-0.2, 0) is 20.4 Å². The molecule has 2 N–H and O–H groups in total. The second kappa shape index (κ2) is 12.0. The number of imide groups is 2. The number of hydrogen-bond donors (Lipinski definition) is 2. The lowest BCUT2D eigenvalue weighted by atomic mass is 9.97. The molecule has 0 aliphatic rings. The van der Waals surface area contributed by atoms with Crippen molar-refractivity contribution in [2.24, 2.45) is 5.92 Å². The Bertz CT molecular complexity index is 932. The SMILES string of the molecule is CCCN(C(=O)NC)C(=O)N(O)C(=O)C(C)(CCC(C)C)S(=O)(=O)Cc1ccc(OC)cc1. The Hall–Kier alpha value is -2.66. The molecule has 1 aromatic rings. The fourth-order valence-electron chi connectivity index (χ4n) is 3.13. The minimum absolute atomic E-state index is 0.0653. The quantitative estimate of drug-likeness (QED) is 0.384.